The van der Waals surface area contributed by atoms with Crippen molar-refractivity contribution in [2.24, 2.45) is 45.5 Å². The molecule has 38 heavy (non-hydrogen) atoms. The van der Waals surface area contributed by atoms with Gasteiger partial charge in [-0.15, -0.1) is 0 Å². The van der Waals surface area contributed by atoms with Crippen LogP contribution in [0.3, 0.4) is 0 Å². The normalized spacial score (nSPS) is 36.6. The van der Waals surface area contributed by atoms with Crippen LogP contribution in [-0.4, -0.2) is 38.4 Å². The fourth-order valence-corrected chi connectivity index (χ4v) is 8.87. The van der Waals surface area contributed by atoms with E-state index in [1.807, 2.05) is 0 Å². The van der Waals surface area contributed by atoms with Crippen LogP contribution in [0.25, 0.3) is 0 Å². The third-order valence-electron chi connectivity index (χ3n) is 10.1. The molecule has 8 atom stereocenters. The molecule has 224 valence electrons. The molecule has 0 N–H and O–H groups in total. The minimum atomic E-state index is -1.47. The Labute approximate surface area is 256 Å². The summed E-state index contributed by atoms with van der Waals surface area (Å²) in [7, 11) is -0.217. The summed E-state index contributed by atoms with van der Waals surface area (Å²) in [6, 6.07) is 1.03. The van der Waals surface area contributed by atoms with Gasteiger partial charge in [0.25, 0.3) is 0 Å². The van der Waals surface area contributed by atoms with Crippen LogP contribution in [0.15, 0.2) is 9.98 Å². The van der Waals surface area contributed by atoms with Gasteiger partial charge in [-0.1, -0.05) is 52.4 Å². The van der Waals surface area contributed by atoms with Gasteiger partial charge in [-0.3, -0.25) is 9.98 Å². The van der Waals surface area contributed by atoms with Gasteiger partial charge >= 0.3 is 39.3 Å². The zero-order valence-electron chi connectivity index (χ0n) is 25.1. The third kappa shape index (κ3) is 10.1. The molecule has 0 amide bonds. The van der Waals surface area contributed by atoms with Crippen molar-refractivity contribution in [2.45, 2.75) is 142 Å². The number of nitrogens with zero attached hydrogens (tertiary/aromatic N) is 2. The number of halogens is 2. The predicted octanol–water partition coefficient (Wildman–Crippen LogP) is 10.4. The Balaban J connectivity index is 0.00000127. The molecule has 0 bridgehead atoms. The summed E-state index contributed by atoms with van der Waals surface area (Å²) in [5, 5.41) is 0. The van der Waals surface area contributed by atoms with Gasteiger partial charge < -0.3 is 4.43 Å². The van der Waals surface area contributed by atoms with Gasteiger partial charge in [-0.2, -0.15) is 0 Å². The number of hydrogen-bond donors (Lipinski definition) is 0. The van der Waals surface area contributed by atoms with E-state index in [1.54, 1.807) is 0 Å². The Morgan fingerprint density at radius 1 is 0.763 bits per heavy atom. The predicted molar refractivity (Wildman–Crippen MR) is 172 cm³/mol. The molecule has 0 saturated heterocycles. The second kappa shape index (κ2) is 16.6. The van der Waals surface area contributed by atoms with Crippen molar-refractivity contribution in [3.63, 3.8) is 0 Å². The standard InChI is InChI=1S/C31H56N2OSi.2BrH.Ni/c1-22-17-19-25-12-7-9-14-27(25)30(22)32-24(3)29(16-11-21-34-35(4,5)6)33-31-23(2)18-20-26-13-8-10-15-28(26)31;;;/h22-23,25-28,30-31H,7-21H2,1-6H3;2*1H;/q;;;+2/p-2. The molecular weight excluding hydrogens is 663 g/mol. The molecule has 4 rings (SSSR count). The van der Waals surface area contributed by atoms with Gasteiger partial charge in [0.2, 0.25) is 0 Å². The second-order valence-corrected chi connectivity index (χ2v) is 23.4. The van der Waals surface area contributed by atoms with Crippen LogP contribution in [0.4, 0.5) is 0 Å². The number of rotatable bonds is 8. The maximum atomic E-state index is 6.24. The summed E-state index contributed by atoms with van der Waals surface area (Å²) < 4.78 is 6.24. The molecule has 0 spiro atoms. The van der Waals surface area contributed by atoms with Crippen molar-refractivity contribution in [3.8, 4) is 0 Å². The molecule has 0 aromatic rings. The van der Waals surface area contributed by atoms with E-state index >= 15 is 0 Å². The first-order valence-corrected chi connectivity index (χ1v) is 24.0. The second-order valence-electron chi connectivity index (χ2n) is 13.9. The SMILES string of the molecule is CC(=NC1C(C)CCC2CCCCC21)C(CCCO[Si](C)(C)C)=NC1C(C)CCC2CCCCC21.[Br][Ni][Br]. The molecule has 0 aliphatic heterocycles. The molecule has 4 fully saturated rings. The average molecular weight is 719 g/mol. The van der Waals surface area contributed by atoms with Crippen molar-refractivity contribution in [2.75, 3.05) is 6.61 Å². The fourth-order valence-electron chi connectivity index (χ4n) is 8.11. The van der Waals surface area contributed by atoms with Crippen LogP contribution in [0.5, 0.6) is 0 Å². The van der Waals surface area contributed by atoms with Crippen LogP contribution < -0.4 is 0 Å². The molecule has 8 unspecified atom stereocenters. The quantitative estimate of drug-likeness (QED) is 0.140. The first-order chi connectivity index (χ1) is 18.1. The Morgan fingerprint density at radius 2 is 1.24 bits per heavy atom. The third-order valence-corrected chi connectivity index (χ3v) is 11.2. The van der Waals surface area contributed by atoms with E-state index in [0.717, 1.165) is 49.0 Å². The first kappa shape index (κ1) is 33.5. The Bertz CT molecular complexity index is 773. The summed E-state index contributed by atoms with van der Waals surface area (Å²) in [5.41, 5.74) is 2.60. The summed E-state index contributed by atoms with van der Waals surface area (Å²) in [5.74, 6) is 4.90. The monoisotopic (exact) mass is 716 g/mol. The molecule has 0 aromatic carbocycles. The molecular formula is C31H56Br2N2NiOSi. The molecule has 4 aliphatic carbocycles. The summed E-state index contributed by atoms with van der Waals surface area (Å²) in [4.78, 5) is 11.2. The Morgan fingerprint density at radius 3 is 1.74 bits per heavy atom. The molecule has 4 saturated carbocycles. The van der Waals surface area contributed by atoms with Gasteiger partial charge in [0, 0.05) is 6.61 Å². The van der Waals surface area contributed by atoms with E-state index in [1.165, 1.54) is 99.4 Å². The van der Waals surface area contributed by atoms with Crippen LogP contribution >= 0.6 is 28.5 Å². The van der Waals surface area contributed by atoms with Crippen molar-refractivity contribution in [3.05, 3.63) is 0 Å². The zero-order chi connectivity index (χ0) is 27.7. The van der Waals surface area contributed by atoms with E-state index in [0.29, 0.717) is 18.0 Å². The molecule has 0 heterocycles. The van der Waals surface area contributed by atoms with E-state index < -0.39 is 8.32 Å². The summed E-state index contributed by atoms with van der Waals surface area (Å²) in [6.45, 7) is 15.0. The number of aliphatic imine (C=N–C) groups is 2. The average Bonchev–Trinajstić information content (AvgIpc) is 2.88. The summed E-state index contributed by atoms with van der Waals surface area (Å²) >= 11 is 6.00. The van der Waals surface area contributed by atoms with Crippen molar-refractivity contribution in [1.82, 2.24) is 0 Å². The fraction of sp³-hybridized carbons (Fsp3) is 0.935. The zero-order valence-corrected chi connectivity index (χ0v) is 30.3. The van der Waals surface area contributed by atoms with E-state index in [-0.39, 0.29) is 0 Å². The van der Waals surface area contributed by atoms with Gasteiger partial charge in [0.1, 0.15) is 0 Å². The molecule has 0 radical (unpaired) electrons. The molecule has 4 aliphatic rings. The van der Waals surface area contributed by atoms with Crippen molar-refractivity contribution < 1.29 is 15.3 Å². The minimum absolute atomic E-state index is 0.512. The van der Waals surface area contributed by atoms with Gasteiger partial charge in [-0.05, 0) is 113 Å². The van der Waals surface area contributed by atoms with E-state index in [2.05, 4.69) is 68.9 Å². The Hall–Kier alpha value is 0.970. The van der Waals surface area contributed by atoms with Gasteiger partial charge in [0.15, 0.2) is 8.32 Å². The maximum absolute atomic E-state index is 6.24. The van der Waals surface area contributed by atoms with E-state index in [9.17, 15) is 0 Å². The van der Waals surface area contributed by atoms with Crippen LogP contribution in [0.2, 0.25) is 19.6 Å². The molecule has 0 aromatic heterocycles. The Kier molecular flexibility index (Phi) is 14.6. The van der Waals surface area contributed by atoms with Gasteiger partial charge in [-0.25, -0.2) is 0 Å². The van der Waals surface area contributed by atoms with Crippen LogP contribution in [-0.2, 0) is 15.3 Å². The van der Waals surface area contributed by atoms with Crippen LogP contribution in [0, 0.1) is 35.5 Å². The van der Waals surface area contributed by atoms with Crippen molar-refractivity contribution in [1.29, 1.82) is 0 Å². The van der Waals surface area contributed by atoms with Crippen molar-refractivity contribution >= 4 is 48.2 Å². The first-order valence-electron chi connectivity index (χ1n) is 15.7. The van der Waals surface area contributed by atoms with Gasteiger partial charge in [0.05, 0.1) is 23.5 Å². The molecule has 7 heteroatoms. The molecule has 3 nitrogen and oxygen atoms in total. The van der Waals surface area contributed by atoms with Crippen LogP contribution in [0.1, 0.15) is 111 Å². The summed E-state index contributed by atoms with van der Waals surface area (Å²) in [6.07, 6.45) is 19.1. The van der Waals surface area contributed by atoms with E-state index in [4.69, 9.17) is 14.4 Å². The topological polar surface area (TPSA) is 34.0 Å². The number of hydrogen-bond acceptors (Lipinski definition) is 3. The number of fused-ring (bicyclic) bond motifs is 2.